The van der Waals surface area contributed by atoms with Crippen LogP contribution in [-0.2, 0) is 11.3 Å². The highest BCUT2D eigenvalue weighted by Crippen LogP contribution is 1.94. The molecule has 0 aromatic carbocycles. The van der Waals surface area contributed by atoms with Crippen LogP contribution in [0.15, 0.2) is 30.6 Å². The Morgan fingerprint density at radius 2 is 1.87 bits per heavy atom. The predicted octanol–water partition coefficient (Wildman–Crippen LogP) is -2.11. The van der Waals surface area contributed by atoms with Gasteiger partial charge >= 0.3 is 0 Å². The minimum absolute atomic E-state index is 0. The lowest BCUT2D eigenvalue weighted by atomic mass is 10.2. The van der Waals surface area contributed by atoms with Crippen molar-refractivity contribution in [3.63, 3.8) is 0 Å². The molecule has 0 radical (unpaired) electrons. The number of nitrogens with zero attached hydrogens (tertiary/aromatic N) is 1. The van der Waals surface area contributed by atoms with E-state index in [9.17, 15) is 4.79 Å². The van der Waals surface area contributed by atoms with Crippen molar-refractivity contribution >= 4 is 5.91 Å². The molecule has 1 rings (SSSR count). The van der Waals surface area contributed by atoms with E-state index in [2.05, 4.69) is 9.88 Å². The predicted molar refractivity (Wildman–Crippen MR) is 54.6 cm³/mol. The van der Waals surface area contributed by atoms with E-state index >= 15 is 0 Å². The first-order chi connectivity index (χ1) is 6.83. The number of carbonyl (C=O) groups excluding carboxylic acids is 1. The van der Waals surface area contributed by atoms with E-state index in [4.69, 9.17) is 0 Å². The van der Waals surface area contributed by atoms with Crippen LogP contribution in [0.4, 0.5) is 0 Å². The molecule has 0 aliphatic heterocycles. The molecule has 0 aliphatic carbocycles. The molecule has 1 aromatic heterocycles. The minimum Gasteiger partial charge on any atom is -1.00 e. The molecule has 1 amide bonds. The average molecular weight is 273 g/mol. The quantitative estimate of drug-likeness (QED) is 0.483. The van der Waals surface area contributed by atoms with Crippen molar-refractivity contribution in [2.24, 2.45) is 0 Å². The first-order valence-electron chi connectivity index (χ1n) is 4.97. The Bertz CT molecular complexity index is 277. The van der Waals surface area contributed by atoms with Crippen LogP contribution in [0.3, 0.4) is 0 Å². The van der Waals surface area contributed by atoms with Crippen LogP contribution >= 0.6 is 0 Å². The first-order valence-corrected chi connectivity index (χ1v) is 4.97. The van der Waals surface area contributed by atoms with Crippen molar-refractivity contribution < 1.29 is 26.3 Å². The summed E-state index contributed by atoms with van der Waals surface area (Å²) >= 11 is 0. The second-order valence-electron chi connectivity index (χ2n) is 3.24. The second kappa shape index (κ2) is 8.41. The average Bonchev–Trinajstić information content (AvgIpc) is 2.25. The van der Waals surface area contributed by atoms with Crippen molar-refractivity contribution in [3.05, 3.63) is 30.6 Å². The van der Waals surface area contributed by atoms with Crippen LogP contribution in [-0.4, -0.2) is 13.0 Å². The van der Waals surface area contributed by atoms with Gasteiger partial charge in [0.05, 0.1) is 0 Å². The zero-order chi connectivity index (χ0) is 10.2. The molecule has 0 saturated carbocycles. The summed E-state index contributed by atoms with van der Waals surface area (Å²) in [5, 5.41) is 2.62. The largest absolute Gasteiger partial charge is 1.00 e. The Morgan fingerprint density at radius 1 is 1.20 bits per heavy atom. The number of aryl methyl sites for hydroxylation is 1. The van der Waals surface area contributed by atoms with Gasteiger partial charge in [-0.2, -0.15) is 0 Å². The Balaban J connectivity index is 0.00000196. The number of hydrogen-bond acceptors (Lipinski definition) is 1. The Kier molecular flexibility index (Phi) is 7.91. The van der Waals surface area contributed by atoms with Gasteiger partial charge in [0, 0.05) is 32.0 Å². The summed E-state index contributed by atoms with van der Waals surface area (Å²) in [6, 6.07) is 6.03. The Labute approximate surface area is 101 Å². The highest BCUT2D eigenvalue weighted by molar-refractivity contribution is 5.75. The number of hydrogen-bond donors (Lipinski definition) is 1. The third-order valence-electron chi connectivity index (χ3n) is 2.13. The molecule has 0 fully saturated rings. The maximum atomic E-state index is 10.9. The van der Waals surface area contributed by atoms with Crippen LogP contribution in [0.1, 0.15) is 19.3 Å². The SMILES string of the molecule is CNC(=O)CCCC[n+]1ccccc1.[Br-]. The molecular weight excluding hydrogens is 256 g/mol. The number of amides is 1. The molecule has 0 bridgehead atoms. The minimum atomic E-state index is 0. The molecule has 84 valence electrons. The summed E-state index contributed by atoms with van der Waals surface area (Å²) in [6.45, 7) is 0.984. The third kappa shape index (κ3) is 6.23. The molecule has 0 atom stereocenters. The molecule has 1 N–H and O–H groups in total. The van der Waals surface area contributed by atoms with Crippen molar-refractivity contribution in [3.8, 4) is 0 Å². The molecule has 0 saturated heterocycles. The van der Waals surface area contributed by atoms with Gasteiger partial charge in [-0.25, -0.2) is 4.57 Å². The van der Waals surface area contributed by atoms with E-state index in [0.29, 0.717) is 6.42 Å². The lowest BCUT2D eigenvalue weighted by molar-refractivity contribution is -0.697. The standard InChI is InChI=1S/C11H16N2O.BrH/c1-12-11(14)7-3-6-10-13-8-4-2-5-9-13;/h2,4-5,8-9H,3,6-7,10H2,1H3;1H. The molecule has 4 heteroatoms. The third-order valence-corrected chi connectivity index (χ3v) is 2.13. The zero-order valence-electron chi connectivity index (χ0n) is 8.95. The molecule has 0 aliphatic rings. The van der Waals surface area contributed by atoms with Gasteiger partial charge in [-0.05, 0) is 6.42 Å². The molecular formula is C11H17BrN2O. The summed E-state index contributed by atoms with van der Waals surface area (Å²) in [7, 11) is 1.67. The maximum Gasteiger partial charge on any atom is 0.219 e. The fourth-order valence-corrected chi connectivity index (χ4v) is 1.29. The van der Waals surface area contributed by atoms with Gasteiger partial charge < -0.3 is 22.3 Å². The fraction of sp³-hybridized carbons (Fsp3) is 0.455. The first kappa shape index (κ1) is 14.1. The van der Waals surface area contributed by atoms with Gasteiger partial charge in [-0.3, -0.25) is 4.79 Å². The van der Waals surface area contributed by atoms with Gasteiger partial charge in [0.1, 0.15) is 6.54 Å². The highest BCUT2D eigenvalue weighted by atomic mass is 79.9. The number of rotatable bonds is 5. The second-order valence-corrected chi connectivity index (χ2v) is 3.24. The van der Waals surface area contributed by atoms with Gasteiger partial charge in [0.25, 0.3) is 0 Å². The van der Waals surface area contributed by atoms with Crippen molar-refractivity contribution in [2.75, 3.05) is 7.05 Å². The van der Waals surface area contributed by atoms with E-state index in [1.54, 1.807) is 7.05 Å². The number of halogens is 1. The zero-order valence-corrected chi connectivity index (χ0v) is 10.5. The highest BCUT2D eigenvalue weighted by Gasteiger charge is 2.00. The van der Waals surface area contributed by atoms with Crippen LogP contribution in [0, 0.1) is 0 Å². The molecule has 15 heavy (non-hydrogen) atoms. The molecule has 3 nitrogen and oxygen atoms in total. The molecule has 1 aromatic rings. The van der Waals surface area contributed by atoms with Crippen molar-refractivity contribution in [1.29, 1.82) is 0 Å². The molecule has 0 unspecified atom stereocenters. The molecule has 0 spiro atoms. The summed E-state index contributed by atoms with van der Waals surface area (Å²) in [4.78, 5) is 10.9. The van der Waals surface area contributed by atoms with Gasteiger partial charge in [-0.1, -0.05) is 6.07 Å². The van der Waals surface area contributed by atoms with Gasteiger partial charge in [0.2, 0.25) is 5.91 Å². The van der Waals surface area contributed by atoms with E-state index in [-0.39, 0.29) is 22.9 Å². The summed E-state index contributed by atoms with van der Waals surface area (Å²) < 4.78 is 2.13. The van der Waals surface area contributed by atoms with Crippen LogP contribution in [0.2, 0.25) is 0 Å². The van der Waals surface area contributed by atoms with Gasteiger partial charge in [-0.15, -0.1) is 0 Å². The summed E-state index contributed by atoms with van der Waals surface area (Å²) in [5.41, 5.74) is 0. The monoisotopic (exact) mass is 272 g/mol. The summed E-state index contributed by atoms with van der Waals surface area (Å²) in [5.74, 6) is 0.128. The Hall–Kier alpha value is -0.900. The Morgan fingerprint density at radius 3 is 2.47 bits per heavy atom. The maximum absolute atomic E-state index is 10.9. The van der Waals surface area contributed by atoms with Crippen LogP contribution in [0.5, 0.6) is 0 Å². The van der Waals surface area contributed by atoms with Crippen LogP contribution in [0.25, 0.3) is 0 Å². The fourth-order valence-electron chi connectivity index (χ4n) is 1.29. The molecule has 1 heterocycles. The lowest BCUT2D eigenvalue weighted by Crippen LogP contribution is -3.00. The number of aromatic nitrogens is 1. The van der Waals surface area contributed by atoms with Gasteiger partial charge in [0.15, 0.2) is 12.4 Å². The van der Waals surface area contributed by atoms with E-state index < -0.39 is 0 Å². The lowest BCUT2D eigenvalue weighted by Gasteiger charge is -1.98. The topological polar surface area (TPSA) is 33.0 Å². The number of carbonyl (C=O) groups is 1. The number of unbranched alkanes of at least 4 members (excludes halogenated alkanes) is 1. The smallest absolute Gasteiger partial charge is 0.219 e. The van der Waals surface area contributed by atoms with Crippen molar-refractivity contribution in [2.45, 2.75) is 25.8 Å². The van der Waals surface area contributed by atoms with Crippen LogP contribution < -0.4 is 26.9 Å². The van der Waals surface area contributed by atoms with Crippen molar-refractivity contribution in [1.82, 2.24) is 5.32 Å². The van der Waals surface area contributed by atoms with E-state index in [0.717, 1.165) is 19.4 Å². The number of nitrogens with one attached hydrogen (secondary N) is 1. The van der Waals surface area contributed by atoms with E-state index in [1.807, 2.05) is 30.6 Å². The van der Waals surface area contributed by atoms with E-state index in [1.165, 1.54) is 0 Å². The normalized spacial score (nSPS) is 9.13. The number of pyridine rings is 1. The summed E-state index contributed by atoms with van der Waals surface area (Å²) in [6.07, 6.45) is 6.70.